The zero-order valence-corrected chi connectivity index (χ0v) is 6.87. The van der Waals surface area contributed by atoms with Gasteiger partial charge in [-0.1, -0.05) is 0 Å². The second kappa shape index (κ2) is 2.63. The van der Waals surface area contributed by atoms with Gasteiger partial charge in [0.15, 0.2) is 11.5 Å². The van der Waals surface area contributed by atoms with E-state index in [2.05, 4.69) is 4.98 Å². The standard InChI is InChI=1S/C8H6N2O4/c11-5-1-3-4(2-6(5)12)9-8(14)10-7(3)13/h1-2,11-12H,(H2,9,10,13,14). The molecule has 2 rings (SSSR count). The number of rotatable bonds is 0. The minimum absolute atomic E-state index is 0.111. The normalized spacial score (nSPS) is 10.6. The maximum atomic E-state index is 11.2. The van der Waals surface area contributed by atoms with Gasteiger partial charge in [-0.15, -0.1) is 0 Å². The Morgan fingerprint density at radius 1 is 1.00 bits per heavy atom. The molecule has 0 bridgehead atoms. The summed E-state index contributed by atoms with van der Waals surface area (Å²) in [5.41, 5.74) is -1.10. The first kappa shape index (κ1) is 8.36. The topological polar surface area (TPSA) is 106 Å². The molecule has 0 fully saturated rings. The van der Waals surface area contributed by atoms with Crippen LogP contribution in [-0.4, -0.2) is 20.2 Å². The van der Waals surface area contributed by atoms with Gasteiger partial charge in [0.2, 0.25) is 0 Å². The molecule has 0 atom stereocenters. The van der Waals surface area contributed by atoms with Crippen LogP contribution in [0.3, 0.4) is 0 Å². The molecule has 1 aromatic heterocycles. The van der Waals surface area contributed by atoms with Crippen molar-refractivity contribution in [2.45, 2.75) is 0 Å². The van der Waals surface area contributed by atoms with Gasteiger partial charge in [-0.2, -0.15) is 0 Å². The van der Waals surface area contributed by atoms with E-state index in [0.29, 0.717) is 0 Å². The molecule has 0 aliphatic carbocycles. The largest absolute Gasteiger partial charge is 0.504 e. The van der Waals surface area contributed by atoms with Gasteiger partial charge >= 0.3 is 5.69 Å². The van der Waals surface area contributed by atoms with Crippen LogP contribution in [0.2, 0.25) is 0 Å². The number of nitrogens with one attached hydrogen (secondary N) is 2. The molecule has 0 saturated carbocycles. The highest BCUT2D eigenvalue weighted by Gasteiger charge is 2.05. The van der Waals surface area contributed by atoms with Crippen LogP contribution >= 0.6 is 0 Å². The molecule has 0 spiro atoms. The Morgan fingerprint density at radius 2 is 1.64 bits per heavy atom. The van der Waals surface area contributed by atoms with Gasteiger partial charge in [-0.05, 0) is 6.07 Å². The van der Waals surface area contributed by atoms with Crippen molar-refractivity contribution in [3.05, 3.63) is 33.0 Å². The molecule has 6 nitrogen and oxygen atoms in total. The van der Waals surface area contributed by atoms with Crippen molar-refractivity contribution in [1.29, 1.82) is 0 Å². The molecular formula is C8H6N2O4. The third kappa shape index (κ3) is 1.13. The van der Waals surface area contributed by atoms with E-state index in [1.54, 1.807) is 0 Å². The Labute approximate surface area is 76.5 Å². The van der Waals surface area contributed by atoms with Crippen molar-refractivity contribution < 1.29 is 10.2 Å². The fraction of sp³-hybridized carbons (Fsp3) is 0. The summed E-state index contributed by atoms with van der Waals surface area (Å²) < 4.78 is 0. The summed E-state index contributed by atoms with van der Waals surface area (Å²) in [6, 6.07) is 2.20. The lowest BCUT2D eigenvalue weighted by Gasteiger charge is -1.99. The molecule has 0 saturated heterocycles. The molecule has 0 aliphatic rings. The minimum Gasteiger partial charge on any atom is -0.504 e. The molecule has 1 heterocycles. The number of H-pyrrole nitrogens is 2. The second-order valence-electron chi connectivity index (χ2n) is 2.79. The van der Waals surface area contributed by atoms with Gasteiger partial charge in [0, 0.05) is 6.07 Å². The van der Waals surface area contributed by atoms with E-state index < -0.39 is 22.7 Å². The first-order chi connectivity index (χ1) is 6.58. The number of phenols is 2. The van der Waals surface area contributed by atoms with Crippen LogP contribution in [-0.2, 0) is 0 Å². The summed E-state index contributed by atoms with van der Waals surface area (Å²) in [5.74, 6) is -0.797. The number of fused-ring (bicyclic) bond motifs is 1. The smallest absolute Gasteiger partial charge is 0.326 e. The van der Waals surface area contributed by atoms with Crippen LogP contribution < -0.4 is 11.2 Å². The Kier molecular flexibility index (Phi) is 1.57. The van der Waals surface area contributed by atoms with Crippen LogP contribution in [0.1, 0.15) is 0 Å². The molecule has 6 heteroatoms. The van der Waals surface area contributed by atoms with E-state index in [9.17, 15) is 9.59 Å². The van der Waals surface area contributed by atoms with Crippen molar-refractivity contribution in [2.24, 2.45) is 0 Å². The van der Waals surface area contributed by atoms with Gasteiger partial charge in [-0.25, -0.2) is 4.79 Å². The van der Waals surface area contributed by atoms with Crippen LogP contribution in [0, 0.1) is 0 Å². The summed E-state index contributed by atoms with van der Waals surface area (Å²) in [4.78, 5) is 26.4. The van der Waals surface area contributed by atoms with E-state index in [1.807, 2.05) is 4.98 Å². The number of aromatic amines is 2. The van der Waals surface area contributed by atoms with E-state index >= 15 is 0 Å². The van der Waals surface area contributed by atoms with Crippen molar-refractivity contribution >= 4 is 10.9 Å². The maximum absolute atomic E-state index is 11.2. The van der Waals surface area contributed by atoms with E-state index in [-0.39, 0.29) is 10.9 Å². The van der Waals surface area contributed by atoms with E-state index in [4.69, 9.17) is 10.2 Å². The molecule has 0 aliphatic heterocycles. The van der Waals surface area contributed by atoms with Crippen molar-refractivity contribution in [3.63, 3.8) is 0 Å². The summed E-state index contributed by atoms with van der Waals surface area (Å²) in [5, 5.41) is 18.3. The number of hydrogen-bond acceptors (Lipinski definition) is 4. The molecule has 0 radical (unpaired) electrons. The molecule has 0 amide bonds. The first-order valence-electron chi connectivity index (χ1n) is 3.76. The Hall–Kier alpha value is -2.24. The number of phenolic OH excluding ortho intramolecular Hbond substituents is 2. The van der Waals surface area contributed by atoms with Crippen molar-refractivity contribution in [3.8, 4) is 11.5 Å². The lowest BCUT2D eigenvalue weighted by molar-refractivity contribution is 0.404. The molecular weight excluding hydrogens is 188 g/mol. The third-order valence-electron chi connectivity index (χ3n) is 1.83. The molecule has 1 aromatic carbocycles. The maximum Gasteiger partial charge on any atom is 0.326 e. The van der Waals surface area contributed by atoms with Crippen LogP contribution in [0.5, 0.6) is 11.5 Å². The molecule has 4 N–H and O–H groups in total. The summed E-state index contributed by atoms with van der Waals surface area (Å²) in [6.07, 6.45) is 0. The molecule has 0 unspecified atom stereocenters. The fourth-order valence-corrected chi connectivity index (χ4v) is 1.19. The second-order valence-corrected chi connectivity index (χ2v) is 2.79. The Balaban J connectivity index is 3.03. The highest BCUT2D eigenvalue weighted by atomic mass is 16.3. The number of aromatic nitrogens is 2. The predicted molar refractivity (Wildman–Crippen MR) is 48.5 cm³/mol. The SMILES string of the molecule is O=c1[nH]c(=O)c2cc(O)c(O)cc2[nH]1. The van der Waals surface area contributed by atoms with Gasteiger partial charge in [-0.3, -0.25) is 9.78 Å². The zero-order chi connectivity index (χ0) is 10.3. The molecule has 72 valence electrons. The van der Waals surface area contributed by atoms with Gasteiger partial charge in [0.25, 0.3) is 5.56 Å². The highest BCUT2D eigenvalue weighted by Crippen LogP contribution is 2.26. The average molecular weight is 194 g/mol. The average Bonchev–Trinajstić information content (AvgIpc) is 2.08. The lowest BCUT2D eigenvalue weighted by Crippen LogP contribution is -2.21. The zero-order valence-electron chi connectivity index (χ0n) is 6.87. The molecule has 2 aromatic rings. The van der Waals surface area contributed by atoms with Crippen LogP contribution in [0.4, 0.5) is 0 Å². The Bertz CT molecular complexity index is 611. The van der Waals surface area contributed by atoms with Crippen molar-refractivity contribution in [1.82, 2.24) is 9.97 Å². The lowest BCUT2D eigenvalue weighted by atomic mass is 10.2. The minimum atomic E-state index is -0.660. The van der Waals surface area contributed by atoms with Crippen LogP contribution in [0.15, 0.2) is 21.7 Å². The van der Waals surface area contributed by atoms with Crippen LogP contribution in [0.25, 0.3) is 10.9 Å². The monoisotopic (exact) mass is 194 g/mol. The van der Waals surface area contributed by atoms with Gasteiger partial charge < -0.3 is 15.2 Å². The third-order valence-corrected chi connectivity index (χ3v) is 1.83. The van der Waals surface area contributed by atoms with Crippen molar-refractivity contribution in [2.75, 3.05) is 0 Å². The Morgan fingerprint density at radius 3 is 2.36 bits per heavy atom. The van der Waals surface area contributed by atoms with E-state index in [0.717, 1.165) is 12.1 Å². The number of hydrogen-bond donors (Lipinski definition) is 4. The van der Waals surface area contributed by atoms with E-state index in [1.165, 1.54) is 0 Å². The predicted octanol–water partition coefficient (Wildman–Crippen LogP) is -0.372. The summed E-state index contributed by atoms with van der Waals surface area (Å²) in [7, 11) is 0. The number of aromatic hydroxyl groups is 2. The summed E-state index contributed by atoms with van der Waals surface area (Å²) in [6.45, 7) is 0. The first-order valence-corrected chi connectivity index (χ1v) is 3.76. The quantitative estimate of drug-likeness (QED) is 0.429. The van der Waals surface area contributed by atoms with Gasteiger partial charge in [0.05, 0.1) is 10.9 Å². The number of benzene rings is 1. The fourth-order valence-electron chi connectivity index (χ4n) is 1.19. The molecule has 14 heavy (non-hydrogen) atoms. The van der Waals surface area contributed by atoms with Gasteiger partial charge in [0.1, 0.15) is 0 Å². The summed E-state index contributed by atoms with van der Waals surface area (Å²) >= 11 is 0. The highest BCUT2D eigenvalue weighted by molar-refractivity contribution is 5.81.